The maximum Gasteiger partial charge on any atom is 0.147 e. The van der Waals surface area contributed by atoms with Gasteiger partial charge in [0.2, 0.25) is 0 Å². The van der Waals surface area contributed by atoms with Crippen molar-refractivity contribution in [3.05, 3.63) is 26.6 Å². The van der Waals surface area contributed by atoms with E-state index in [1.807, 2.05) is 6.92 Å². The fraction of sp³-hybridized carbons (Fsp3) is 0.600. The van der Waals surface area contributed by atoms with Crippen molar-refractivity contribution in [2.75, 3.05) is 26.4 Å². The smallest absolute Gasteiger partial charge is 0.147 e. The van der Waals surface area contributed by atoms with E-state index in [0.717, 1.165) is 41.0 Å². The maximum absolute atomic E-state index is 5.59. The number of hydrogen-bond acceptors (Lipinski definition) is 3. The molecule has 0 bridgehead atoms. The van der Waals surface area contributed by atoms with Crippen molar-refractivity contribution in [3.63, 3.8) is 0 Å². The van der Waals surface area contributed by atoms with Crippen LogP contribution < -0.4 is 10.1 Å². The molecule has 0 radical (unpaired) electrons. The SMILES string of the molecule is CCOc1c(Br)cc(CNCC2CCCOC2)cc1Br. The Bertz CT molecular complexity index is 411. The highest BCUT2D eigenvalue weighted by Gasteiger charge is 2.13. The fourth-order valence-corrected chi connectivity index (χ4v) is 3.90. The third-order valence-electron chi connectivity index (χ3n) is 3.36. The number of ether oxygens (including phenoxy) is 2. The van der Waals surface area contributed by atoms with Crippen molar-refractivity contribution < 1.29 is 9.47 Å². The first-order valence-electron chi connectivity index (χ1n) is 7.10. The monoisotopic (exact) mass is 405 g/mol. The minimum atomic E-state index is 0.651. The van der Waals surface area contributed by atoms with E-state index in [9.17, 15) is 0 Å². The van der Waals surface area contributed by atoms with E-state index in [1.54, 1.807) is 0 Å². The lowest BCUT2D eigenvalue weighted by atomic mass is 10.0. The molecule has 0 aliphatic carbocycles. The van der Waals surface area contributed by atoms with Gasteiger partial charge in [0.15, 0.2) is 0 Å². The van der Waals surface area contributed by atoms with Crippen molar-refractivity contribution in [2.45, 2.75) is 26.3 Å². The number of benzene rings is 1. The maximum atomic E-state index is 5.59. The van der Waals surface area contributed by atoms with Crippen LogP contribution in [0.15, 0.2) is 21.1 Å². The van der Waals surface area contributed by atoms with Crippen molar-refractivity contribution in [2.24, 2.45) is 5.92 Å². The zero-order chi connectivity index (χ0) is 14.4. The van der Waals surface area contributed by atoms with Gasteiger partial charge in [0.1, 0.15) is 5.75 Å². The molecule has 0 spiro atoms. The molecule has 2 rings (SSSR count). The van der Waals surface area contributed by atoms with Crippen LogP contribution in [0.2, 0.25) is 0 Å². The largest absolute Gasteiger partial charge is 0.492 e. The van der Waals surface area contributed by atoms with E-state index in [0.29, 0.717) is 12.5 Å². The lowest BCUT2D eigenvalue weighted by Gasteiger charge is -2.22. The van der Waals surface area contributed by atoms with E-state index in [-0.39, 0.29) is 0 Å². The van der Waals surface area contributed by atoms with Crippen LogP contribution in [0, 0.1) is 5.92 Å². The Morgan fingerprint density at radius 1 is 1.35 bits per heavy atom. The van der Waals surface area contributed by atoms with Gasteiger partial charge in [0, 0.05) is 19.7 Å². The molecule has 0 amide bonds. The zero-order valence-electron chi connectivity index (χ0n) is 11.8. The van der Waals surface area contributed by atoms with Gasteiger partial charge in [-0.1, -0.05) is 0 Å². The summed E-state index contributed by atoms with van der Waals surface area (Å²) in [4.78, 5) is 0. The number of halogens is 2. The van der Waals surface area contributed by atoms with Gasteiger partial charge in [0.05, 0.1) is 22.2 Å². The predicted molar refractivity (Wildman–Crippen MR) is 88.3 cm³/mol. The molecule has 1 unspecified atom stereocenters. The molecule has 1 aliphatic rings. The van der Waals surface area contributed by atoms with E-state index >= 15 is 0 Å². The second-order valence-electron chi connectivity index (χ2n) is 5.04. The van der Waals surface area contributed by atoms with Gasteiger partial charge in [-0.3, -0.25) is 0 Å². The summed E-state index contributed by atoms with van der Waals surface area (Å²) in [7, 11) is 0. The minimum absolute atomic E-state index is 0.651. The third kappa shape index (κ3) is 4.72. The molecule has 20 heavy (non-hydrogen) atoms. The molecule has 1 heterocycles. The second kappa shape index (κ2) is 8.37. The third-order valence-corrected chi connectivity index (χ3v) is 4.54. The lowest BCUT2D eigenvalue weighted by Crippen LogP contribution is -2.28. The van der Waals surface area contributed by atoms with Crippen molar-refractivity contribution >= 4 is 31.9 Å². The van der Waals surface area contributed by atoms with Gasteiger partial charge >= 0.3 is 0 Å². The molecule has 1 atom stereocenters. The molecule has 3 nitrogen and oxygen atoms in total. The first-order chi connectivity index (χ1) is 9.70. The van der Waals surface area contributed by atoms with Crippen molar-refractivity contribution in [3.8, 4) is 5.75 Å². The van der Waals surface area contributed by atoms with E-state index in [1.165, 1.54) is 18.4 Å². The van der Waals surface area contributed by atoms with Crippen molar-refractivity contribution in [1.29, 1.82) is 0 Å². The van der Waals surface area contributed by atoms with E-state index in [2.05, 4.69) is 49.3 Å². The van der Waals surface area contributed by atoms with Gasteiger partial charge in [-0.25, -0.2) is 0 Å². The summed E-state index contributed by atoms with van der Waals surface area (Å²) in [6.07, 6.45) is 2.45. The van der Waals surface area contributed by atoms with Gasteiger partial charge < -0.3 is 14.8 Å². The normalized spacial score (nSPS) is 19.1. The topological polar surface area (TPSA) is 30.5 Å². The summed E-state index contributed by atoms with van der Waals surface area (Å²) in [6, 6.07) is 4.22. The first-order valence-corrected chi connectivity index (χ1v) is 8.68. The van der Waals surface area contributed by atoms with Crippen LogP contribution in [-0.4, -0.2) is 26.4 Å². The van der Waals surface area contributed by atoms with Crippen LogP contribution in [0.5, 0.6) is 5.75 Å². The van der Waals surface area contributed by atoms with Gasteiger partial charge in [0.25, 0.3) is 0 Å². The molecule has 1 aromatic carbocycles. The molecule has 0 saturated carbocycles. The minimum Gasteiger partial charge on any atom is -0.492 e. The summed E-state index contributed by atoms with van der Waals surface area (Å²) in [5.74, 6) is 1.52. The highest BCUT2D eigenvalue weighted by molar-refractivity contribution is 9.11. The number of rotatable bonds is 6. The Labute approximate surface area is 137 Å². The highest BCUT2D eigenvalue weighted by atomic mass is 79.9. The molecule has 1 fully saturated rings. The summed E-state index contributed by atoms with van der Waals surface area (Å²) < 4.78 is 13.1. The van der Waals surface area contributed by atoms with Crippen molar-refractivity contribution in [1.82, 2.24) is 5.32 Å². The van der Waals surface area contributed by atoms with E-state index in [4.69, 9.17) is 9.47 Å². The summed E-state index contributed by atoms with van der Waals surface area (Å²) in [5, 5.41) is 3.51. The average Bonchev–Trinajstić information content (AvgIpc) is 2.44. The van der Waals surface area contributed by atoms with Crippen LogP contribution in [0.3, 0.4) is 0 Å². The van der Waals surface area contributed by atoms with Crippen LogP contribution in [0.25, 0.3) is 0 Å². The molecule has 1 saturated heterocycles. The summed E-state index contributed by atoms with van der Waals surface area (Å²) in [6.45, 7) is 6.35. The Hall–Kier alpha value is -0.100. The second-order valence-corrected chi connectivity index (χ2v) is 6.74. The van der Waals surface area contributed by atoms with Crippen LogP contribution in [-0.2, 0) is 11.3 Å². The molecule has 1 aromatic rings. The van der Waals surface area contributed by atoms with Crippen LogP contribution in [0.4, 0.5) is 0 Å². The molecular formula is C15H21Br2NO2. The van der Waals surface area contributed by atoms with Gasteiger partial charge in [-0.2, -0.15) is 0 Å². The lowest BCUT2D eigenvalue weighted by molar-refractivity contribution is 0.0547. The number of hydrogen-bond donors (Lipinski definition) is 1. The molecule has 0 aromatic heterocycles. The Balaban J connectivity index is 1.86. The van der Waals surface area contributed by atoms with Gasteiger partial charge in [-0.05, 0) is 75.2 Å². The number of nitrogens with one attached hydrogen (secondary N) is 1. The zero-order valence-corrected chi connectivity index (χ0v) is 14.9. The molecule has 5 heteroatoms. The average molecular weight is 407 g/mol. The predicted octanol–water partition coefficient (Wildman–Crippen LogP) is 4.13. The van der Waals surface area contributed by atoms with Gasteiger partial charge in [-0.15, -0.1) is 0 Å². The van der Waals surface area contributed by atoms with E-state index < -0.39 is 0 Å². The first kappa shape index (κ1) is 16.3. The highest BCUT2D eigenvalue weighted by Crippen LogP contribution is 2.34. The Morgan fingerprint density at radius 3 is 2.70 bits per heavy atom. The van der Waals surface area contributed by atoms with Crippen LogP contribution >= 0.6 is 31.9 Å². The molecular weight excluding hydrogens is 386 g/mol. The Morgan fingerprint density at radius 2 is 2.10 bits per heavy atom. The Kier molecular flexibility index (Phi) is 6.81. The summed E-state index contributed by atoms with van der Waals surface area (Å²) in [5.41, 5.74) is 1.24. The fourth-order valence-electron chi connectivity index (χ4n) is 2.39. The quantitative estimate of drug-likeness (QED) is 0.770. The standard InChI is InChI=1S/C15H21Br2NO2/c1-2-20-15-13(16)6-12(7-14(15)17)9-18-8-11-4-3-5-19-10-11/h6-7,11,18H,2-5,8-10H2,1H3. The molecule has 1 aliphatic heterocycles. The summed E-state index contributed by atoms with van der Waals surface area (Å²) >= 11 is 7.13. The molecule has 1 N–H and O–H groups in total. The molecule has 112 valence electrons. The van der Waals surface area contributed by atoms with Crippen LogP contribution in [0.1, 0.15) is 25.3 Å².